The lowest BCUT2D eigenvalue weighted by Crippen LogP contribution is -2.50. The first-order valence-corrected chi connectivity index (χ1v) is 8.19. The van der Waals surface area contributed by atoms with Crippen LogP contribution >= 0.6 is 11.8 Å². The van der Waals surface area contributed by atoms with Gasteiger partial charge in [0.1, 0.15) is 0 Å². The smallest absolute Gasteiger partial charge is 0.0833 e. The molecule has 2 saturated heterocycles. The van der Waals surface area contributed by atoms with Crippen molar-refractivity contribution in [3.63, 3.8) is 0 Å². The van der Waals surface area contributed by atoms with Crippen LogP contribution in [0.25, 0.3) is 0 Å². The summed E-state index contributed by atoms with van der Waals surface area (Å²) in [6, 6.07) is 1.43. The molecular formula is C13H26N2OS. The number of piperidine rings is 1. The zero-order chi connectivity index (χ0) is 12.3. The summed E-state index contributed by atoms with van der Waals surface area (Å²) in [6.45, 7) is 5.21. The molecule has 0 aromatic rings. The highest BCUT2D eigenvalue weighted by atomic mass is 32.2. The molecule has 0 amide bonds. The second-order valence-corrected chi connectivity index (χ2v) is 6.73. The maximum Gasteiger partial charge on any atom is 0.0833 e. The van der Waals surface area contributed by atoms with Crippen LogP contribution in [0.3, 0.4) is 0 Å². The minimum atomic E-state index is -0.563. The van der Waals surface area contributed by atoms with Crippen LogP contribution in [-0.4, -0.2) is 59.3 Å². The molecule has 17 heavy (non-hydrogen) atoms. The second-order valence-electron chi connectivity index (χ2n) is 5.86. The fraction of sp³-hybridized carbons (Fsp3) is 1.00. The fourth-order valence-electron chi connectivity index (χ4n) is 3.14. The Morgan fingerprint density at radius 1 is 1.41 bits per heavy atom. The van der Waals surface area contributed by atoms with Crippen LogP contribution < -0.4 is 5.32 Å². The van der Waals surface area contributed by atoms with Gasteiger partial charge in [0.25, 0.3) is 0 Å². The third-order valence-electron chi connectivity index (χ3n) is 4.05. The van der Waals surface area contributed by atoms with Gasteiger partial charge >= 0.3 is 0 Å². The van der Waals surface area contributed by atoms with Gasteiger partial charge in [0.15, 0.2) is 0 Å². The zero-order valence-corrected chi connectivity index (χ0v) is 11.9. The highest BCUT2D eigenvalue weighted by Gasteiger charge is 2.32. The van der Waals surface area contributed by atoms with E-state index < -0.39 is 5.60 Å². The molecule has 100 valence electrons. The first kappa shape index (κ1) is 13.7. The fourth-order valence-corrected chi connectivity index (χ4v) is 3.86. The molecule has 0 aromatic carbocycles. The summed E-state index contributed by atoms with van der Waals surface area (Å²) in [7, 11) is 0. The van der Waals surface area contributed by atoms with Gasteiger partial charge in [-0.05, 0) is 52.0 Å². The van der Waals surface area contributed by atoms with E-state index in [1.54, 1.807) is 11.8 Å². The van der Waals surface area contributed by atoms with E-state index in [2.05, 4.69) is 10.2 Å². The molecule has 0 aromatic heterocycles. The quantitative estimate of drug-likeness (QED) is 0.779. The van der Waals surface area contributed by atoms with Crippen molar-refractivity contribution in [2.75, 3.05) is 31.6 Å². The number of rotatable bonds is 5. The summed E-state index contributed by atoms with van der Waals surface area (Å²) in [5.41, 5.74) is -0.563. The number of aliphatic hydroxyl groups is 1. The molecule has 3 nitrogen and oxygen atoms in total. The summed E-state index contributed by atoms with van der Waals surface area (Å²) in [6.07, 6.45) is 7.31. The summed E-state index contributed by atoms with van der Waals surface area (Å²) in [5, 5.41) is 13.7. The molecule has 2 heterocycles. The molecule has 0 saturated carbocycles. The van der Waals surface area contributed by atoms with Gasteiger partial charge in [0, 0.05) is 24.4 Å². The highest BCUT2D eigenvalue weighted by molar-refractivity contribution is 7.98. The number of nitrogens with one attached hydrogen (secondary N) is 1. The molecule has 0 spiro atoms. The predicted octanol–water partition coefficient (Wildman–Crippen LogP) is 1.32. The van der Waals surface area contributed by atoms with Crippen molar-refractivity contribution in [1.82, 2.24) is 10.2 Å². The molecule has 0 radical (unpaired) electrons. The topological polar surface area (TPSA) is 35.5 Å². The number of fused-ring (bicyclic) bond motifs is 1. The van der Waals surface area contributed by atoms with Crippen molar-refractivity contribution in [1.29, 1.82) is 0 Å². The number of nitrogens with zero attached hydrogens (tertiary/aromatic N) is 1. The van der Waals surface area contributed by atoms with Gasteiger partial charge in [-0.2, -0.15) is 11.8 Å². The molecule has 2 aliphatic rings. The van der Waals surface area contributed by atoms with Gasteiger partial charge in [-0.3, -0.25) is 0 Å². The Morgan fingerprint density at radius 3 is 3.00 bits per heavy atom. The van der Waals surface area contributed by atoms with E-state index in [1.807, 2.05) is 13.2 Å². The van der Waals surface area contributed by atoms with Crippen molar-refractivity contribution in [2.24, 2.45) is 0 Å². The van der Waals surface area contributed by atoms with E-state index in [0.29, 0.717) is 6.04 Å². The van der Waals surface area contributed by atoms with E-state index in [-0.39, 0.29) is 0 Å². The molecule has 2 rings (SSSR count). The monoisotopic (exact) mass is 258 g/mol. The zero-order valence-electron chi connectivity index (χ0n) is 11.1. The molecule has 4 heteroatoms. The van der Waals surface area contributed by atoms with E-state index >= 15 is 0 Å². The maximum atomic E-state index is 10.1. The van der Waals surface area contributed by atoms with Crippen LogP contribution in [0.15, 0.2) is 0 Å². The molecule has 0 aliphatic carbocycles. The Morgan fingerprint density at radius 2 is 2.24 bits per heavy atom. The van der Waals surface area contributed by atoms with Gasteiger partial charge in [-0.25, -0.2) is 0 Å². The average Bonchev–Trinajstić information content (AvgIpc) is 2.73. The van der Waals surface area contributed by atoms with Gasteiger partial charge in [-0.1, -0.05) is 0 Å². The second kappa shape index (κ2) is 5.91. The van der Waals surface area contributed by atoms with Gasteiger partial charge in [0.2, 0.25) is 0 Å². The Bertz CT molecular complexity index is 248. The summed E-state index contributed by atoms with van der Waals surface area (Å²) in [4.78, 5) is 2.64. The number of hydrogen-bond acceptors (Lipinski definition) is 4. The van der Waals surface area contributed by atoms with Crippen molar-refractivity contribution in [3.8, 4) is 0 Å². The van der Waals surface area contributed by atoms with Gasteiger partial charge in [-0.15, -0.1) is 0 Å². The Labute approximate surface area is 109 Å². The third kappa shape index (κ3) is 3.85. The lowest BCUT2D eigenvalue weighted by Gasteiger charge is -2.36. The van der Waals surface area contributed by atoms with E-state index in [1.165, 1.54) is 38.8 Å². The van der Waals surface area contributed by atoms with Crippen molar-refractivity contribution < 1.29 is 5.11 Å². The molecule has 3 unspecified atom stereocenters. The van der Waals surface area contributed by atoms with Crippen molar-refractivity contribution in [2.45, 2.75) is 50.3 Å². The lowest BCUT2D eigenvalue weighted by atomic mass is 9.97. The molecule has 2 fully saturated rings. The van der Waals surface area contributed by atoms with E-state index in [9.17, 15) is 5.11 Å². The molecule has 2 aliphatic heterocycles. The average molecular weight is 258 g/mol. The summed E-state index contributed by atoms with van der Waals surface area (Å²) in [5.74, 6) is 0.808. The molecular weight excluding hydrogens is 232 g/mol. The largest absolute Gasteiger partial charge is 0.388 e. The Balaban J connectivity index is 1.73. The van der Waals surface area contributed by atoms with Gasteiger partial charge < -0.3 is 15.3 Å². The standard InChI is InChI=1S/C13H26N2OS/c1-13(16,10-17-2)9-14-11-5-7-15-6-3-4-12(15)8-11/h11-12,14,16H,3-10H2,1-2H3. The van der Waals surface area contributed by atoms with Crippen molar-refractivity contribution in [3.05, 3.63) is 0 Å². The van der Waals surface area contributed by atoms with Crippen LogP contribution in [0.2, 0.25) is 0 Å². The molecule has 2 N–H and O–H groups in total. The lowest BCUT2D eigenvalue weighted by molar-refractivity contribution is 0.0738. The summed E-state index contributed by atoms with van der Waals surface area (Å²) < 4.78 is 0. The van der Waals surface area contributed by atoms with Gasteiger partial charge in [0.05, 0.1) is 5.60 Å². The highest BCUT2D eigenvalue weighted by Crippen LogP contribution is 2.27. The minimum Gasteiger partial charge on any atom is -0.388 e. The first-order chi connectivity index (χ1) is 8.11. The minimum absolute atomic E-state index is 0.563. The van der Waals surface area contributed by atoms with Crippen molar-refractivity contribution >= 4 is 11.8 Å². The first-order valence-electron chi connectivity index (χ1n) is 6.79. The Kier molecular flexibility index (Phi) is 4.75. The van der Waals surface area contributed by atoms with E-state index in [0.717, 1.165) is 18.3 Å². The summed E-state index contributed by atoms with van der Waals surface area (Å²) >= 11 is 1.71. The molecule has 0 bridgehead atoms. The number of thioether (sulfide) groups is 1. The maximum absolute atomic E-state index is 10.1. The molecule has 3 atom stereocenters. The van der Waals surface area contributed by atoms with Crippen LogP contribution in [-0.2, 0) is 0 Å². The normalized spacial score (nSPS) is 33.4. The number of hydrogen-bond donors (Lipinski definition) is 2. The van der Waals surface area contributed by atoms with Crippen LogP contribution in [0.5, 0.6) is 0 Å². The third-order valence-corrected chi connectivity index (χ3v) is 4.96. The SMILES string of the molecule is CSCC(C)(O)CNC1CCN2CCCC2C1. The van der Waals surface area contributed by atoms with E-state index in [4.69, 9.17) is 0 Å². The Hall–Kier alpha value is 0.230. The van der Waals surface area contributed by atoms with Crippen LogP contribution in [0.1, 0.15) is 32.6 Å². The predicted molar refractivity (Wildman–Crippen MR) is 74.6 cm³/mol. The van der Waals surface area contributed by atoms with Crippen LogP contribution in [0, 0.1) is 0 Å². The van der Waals surface area contributed by atoms with Crippen LogP contribution in [0.4, 0.5) is 0 Å².